The lowest BCUT2D eigenvalue weighted by atomic mass is 9.96. The average Bonchev–Trinajstić information content (AvgIpc) is 2.42. The van der Waals surface area contributed by atoms with Crippen LogP contribution in [0.25, 0.3) is 0 Å². The Morgan fingerprint density at radius 2 is 1.81 bits per heavy atom. The molecule has 0 fully saturated rings. The van der Waals surface area contributed by atoms with Crippen molar-refractivity contribution in [2.24, 2.45) is 5.92 Å². The van der Waals surface area contributed by atoms with Crippen LogP contribution in [0, 0.1) is 5.92 Å². The van der Waals surface area contributed by atoms with Gasteiger partial charge in [0.25, 0.3) is 0 Å². The molecule has 1 aromatic carbocycles. The first kappa shape index (κ1) is 17.0. The lowest BCUT2D eigenvalue weighted by Gasteiger charge is -2.25. The SMILES string of the molecule is COc1ccc([C@@H](NC(=O)OC(C)(C)C)[C@H](C)C=O)cc1. The second-order valence-corrected chi connectivity index (χ2v) is 5.89. The maximum atomic E-state index is 11.9. The molecule has 0 radical (unpaired) electrons. The summed E-state index contributed by atoms with van der Waals surface area (Å²) >= 11 is 0. The molecule has 0 aromatic heterocycles. The number of nitrogens with one attached hydrogen (secondary N) is 1. The van der Waals surface area contributed by atoms with E-state index in [1.165, 1.54) is 0 Å². The molecule has 1 aromatic rings. The molecule has 2 atom stereocenters. The predicted molar refractivity (Wildman–Crippen MR) is 80.3 cm³/mol. The van der Waals surface area contributed by atoms with Crippen molar-refractivity contribution in [3.05, 3.63) is 29.8 Å². The molecule has 1 rings (SSSR count). The van der Waals surface area contributed by atoms with E-state index in [1.807, 2.05) is 12.1 Å². The van der Waals surface area contributed by atoms with Crippen LogP contribution in [0.1, 0.15) is 39.3 Å². The molecule has 0 aliphatic heterocycles. The van der Waals surface area contributed by atoms with Gasteiger partial charge < -0.3 is 19.6 Å². The number of benzene rings is 1. The van der Waals surface area contributed by atoms with E-state index in [-0.39, 0.29) is 5.92 Å². The number of methoxy groups -OCH3 is 1. The van der Waals surface area contributed by atoms with Gasteiger partial charge in [-0.2, -0.15) is 0 Å². The highest BCUT2D eigenvalue weighted by Gasteiger charge is 2.24. The lowest BCUT2D eigenvalue weighted by Crippen LogP contribution is -2.37. The number of carbonyl (C=O) groups excluding carboxylic acids is 2. The first-order valence-corrected chi connectivity index (χ1v) is 6.85. The van der Waals surface area contributed by atoms with Gasteiger partial charge in [-0.05, 0) is 38.5 Å². The van der Waals surface area contributed by atoms with Crippen molar-refractivity contribution in [3.63, 3.8) is 0 Å². The van der Waals surface area contributed by atoms with Crippen molar-refractivity contribution in [2.75, 3.05) is 7.11 Å². The smallest absolute Gasteiger partial charge is 0.408 e. The van der Waals surface area contributed by atoms with E-state index in [4.69, 9.17) is 9.47 Å². The third-order valence-electron chi connectivity index (χ3n) is 2.89. The summed E-state index contributed by atoms with van der Waals surface area (Å²) < 4.78 is 10.3. The van der Waals surface area contributed by atoms with Crippen LogP contribution in [0.2, 0.25) is 0 Å². The predicted octanol–water partition coefficient (Wildman–Crippen LogP) is 3.10. The minimum Gasteiger partial charge on any atom is -0.497 e. The van der Waals surface area contributed by atoms with Crippen LogP contribution >= 0.6 is 0 Å². The molecule has 116 valence electrons. The van der Waals surface area contributed by atoms with Gasteiger partial charge in [0, 0.05) is 5.92 Å². The Morgan fingerprint density at radius 3 is 2.24 bits per heavy atom. The topological polar surface area (TPSA) is 64.6 Å². The summed E-state index contributed by atoms with van der Waals surface area (Å²) in [6.45, 7) is 7.12. The maximum absolute atomic E-state index is 11.9. The van der Waals surface area contributed by atoms with Gasteiger partial charge in [0.05, 0.1) is 13.2 Å². The van der Waals surface area contributed by atoms with Crippen LogP contribution in [-0.2, 0) is 9.53 Å². The van der Waals surface area contributed by atoms with E-state index in [9.17, 15) is 9.59 Å². The van der Waals surface area contributed by atoms with Crippen molar-refractivity contribution in [2.45, 2.75) is 39.3 Å². The Hall–Kier alpha value is -2.04. The average molecular weight is 293 g/mol. The highest BCUT2D eigenvalue weighted by Crippen LogP contribution is 2.23. The number of hydrogen-bond donors (Lipinski definition) is 1. The summed E-state index contributed by atoms with van der Waals surface area (Å²) in [6, 6.07) is 6.78. The molecule has 1 N–H and O–H groups in total. The number of hydrogen-bond acceptors (Lipinski definition) is 4. The molecule has 5 heteroatoms. The van der Waals surface area contributed by atoms with Gasteiger partial charge in [0.1, 0.15) is 17.6 Å². The van der Waals surface area contributed by atoms with Crippen molar-refractivity contribution >= 4 is 12.4 Å². The van der Waals surface area contributed by atoms with Crippen LogP contribution in [0.3, 0.4) is 0 Å². The van der Waals surface area contributed by atoms with Gasteiger partial charge in [-0.15, -0.1) is 0 Å². The molecular weight excluding hydrogens is 270 g/mol. The molecule has 0 saturated heterocycles. The minimum atomic E-state index is -0.584. The Morgan fingerprint density at radius 1 is 1.24 bits per heavy atom. The quantitative estimate of drug-likeness (QED) is 0.847. The van der Waals surface area contributed by atoms with E-state index >= 15 is 0 Å². The van der Waals surface area contributed by atoms with E-state index in [1.54, 1.807) is 46.9 Å². The summed E-state index contributed by atoms with van der Waals surface area (Å²) in [5.74, 6) is 0.347. The van der Waals surface area contributed by atoms with Gasteiger partial charge in [-0.25, -0.2) is 4.79 Å². The largest absolute Gasteiger partial charge is 0.497 e. The maximum Gasteiger partial charge on any atom is 0.408 e. The fraction of sp³-hybridized carbons (Fsp3) is 0.500. The van der Waals surface area contributed by atoms with Crippen molar-refractivity contribution in [3.8, 4) is 5.75 Å². The van der Waals surface area contributed by atoms with Crippen LogP contribution < -0.4 is 10.1 Å². The summed E-state index contributed by atoms with van der Waals surface area (Å²) in [7, 11) is 1.58. The molecule has 0 bridgehead atoms. The standard InChI is InChI=1S/C16H23NO4/c1-11(10-18)14(17-15(19)21-16(2,3)4)12-6-8-13(20-5)9-7-12/h6-11,14H,1-5H3,(H,17,19)/t11-,14+/m1/s1. The van der Waals surface area contributed by atoms with Crippen LogP contribution in [0.15, 0.2) is 24.3 Å². The number of ether oxygens (including phenoxy) is 2. The molecule has 0 saturated carbocycles. The third-order valence-corrected chi connectivity index (χ3v) is 2.89. The Kier molecular flexibility index (Phi) is 5.76. The lowest BCUT2D eigenvalue weighted by molar-refractivity contribution is -0.111. The summed E-state index contributed by atoms with van der Waals surface area (Å²) in [5.41, 5.74) is 0.236. The second kappa shape index (κ2) is 7.11. The molecule has 5 nitrogen and oxygen atoms in total. The number of aldehydes is 1. The van der Waals surface area contributed by atoms with E-state index in [2.05, 4.69) is 5.32 Å². The van der Waals surface area contributed by atoms with Gasteiger partial charge in [-0.1, -0.05) is 19.1 Å². The monoisotopic (exact) mass is 293 g/mol. The molecule has 1 amide bonds. The Bertz CT molecular complexity index is 476. The molecule has 0 aliphatic carbocycles. The second-order valence-electron chi connectivity index (χ2n) is 5.89. The van der Waals surface area contributed by atoms with E-state index in [0.717, 1.165) is 11.8 Å². The Balaban J connectivity index is 2.89. The zero-order valence-corrected chi connectivity index (χ0v) is 13.2. The number of carbonyl (C=O) groups is 2. The Labute approximate surface area is 125 Å². The fourth-order valence-electron chi connectivity index (χ4n) is 1.84. The van der Waals surface area contributed by atoms with E-state index in [0.29, 0.717) is 5.75 Å². The van der Waals surface area contributed by atoms with Gasteiger partial charge in [-0.3, -0.25) is 0 Å². The summed E-state index contributed by atoms with van der Waals surface area (Å²) in [6.07, 6.45) is 0.267. The van der Waals surface area contributed by atoms with Gasteiger partial charge >= 0.3 is 6.09 Å². The molecule has 0 heterocycles. The van der Waals surface area contributed by atoms with E-state index < -0.39 is 17.7 Å². The van der Waals surface area contributed by atoms with Gasteiger partial charge in [0.15, 0.2) is 0 Å². The normalized spacial score (nSPS) is 14.0. The number of rotatable bonds is 5. The first-order valence-electron chi connectivity index (χ1n) is 6.85. The third kappa shape index (κ3) is 5.45. The highest BCUT2D eigenvalue weighted by atomic mass is 16.6. The molecule has 0 unspecified atom stereocenters. The summed E-state index contributed by atoms with van der Waals surface area (Å²) in [5, 5.41) is 2.74. The zero-order chi connectivity index (χ0) is 16.0. The van der Waals surface area contributed by atoms with Crippen LogP contribution in [0.5, 0.6) is 5.75 Å². The number of amides is 1. The highest BCUT2D eigenvalue weighted by molar-refractivity contribution is 5.69. The van der Waals surface area contributed by atoms with Crippen molar-refractivity contribution < 1.29 is 19.1 Å². The molecular formula is C16H23NO4. The van der Waals surface area contributed by atoms with Crippen LogP contribution in [0.4, 0.5) is 4.79 Å². The van der Waals surface area contributed by atoms with Crippen LogP contribution in [-0.4, -0.2) is 25.1 Å². The number of alkyl carbamates (subject to hydrolysis) is 1. The molecule has 21 heavy (non-hydrogen) atoms. The first-order chi connectivity index (χ1) is 9.76. The zero-order valence-electron chi connectivity index (χ0n) is 13.2. The van der Waals surface area contributed by atoms with Crippen molar-refractivity contribution in [1.82, 2.24) is 5.32 Å². The summed E-state index contributed by atoms with van der Waals surface area (Å²) in [4.78, 5) is 23.0. The van der Waals surface area contributed by atoms with Crippen molar-refractivity contribution in [1.29, 1.82) is 0 Å². The minimum absolute atomic E-state index is 0.370. The molecule has 0 aliphatic rings. The molecule has 0 spiro atoms. The fourth-order valence-corrected chi connectivity index (χ4v) is 1.84. The van der Waals surface area contributed by atoms with Gasteiger partial charge in [0.2, 0.25) is 0 Å².